The van der Waals surface area contributed by atoms with Gasteiger partial charge in [-0.05, 0) is 47.5 Å². The minimum absolute atomic E-state index is 0.795. The van der Waals surface area contributed by atoms with Crippen LogP contribution in [0.5, 0.6) is 0 Å². The number of fused-ring (bicyclic) bond motifs is 1. The van der Waals surface area contributed by atoms with Gasteiger partial charge in [0.25, 0.3) is 0 Å². The van der Waals surface area contributed by atoms with E-state index in [2.05, 4.69) is 68.9 Å². The van der Waals surface area contributed by atoms with Gasteiger partial charge in [0.15, 0.2) is 11.5 Å². The Morgan fingerprint density at radius 2 is 2.20 bits per heavy atom. The van der Waals surface area contributed by atoms with Gasteiger partial charge < -0.3 is 9.30 Å². The lowest BCUT2D eigenvalue weighted by Gasteiger charge is -2.23. The average molecular weight is 331 g/mol. The van der Waals surface area contributed by atoms with Crippen LogP contribution in [0.4, 0.5) is 11.5 Å². The SMILES string of the molecule is CCN(c1cccc(C)c1)c1nc(Br)cn2ccnc12. The number of aromatic nitrogens is 3. The van der Waals surface area contributed by atoms with Crippen molar-refractivity contribution in [1.82, 2.24) is 14.4 Å². The second-order valence-corrected chi connectivity index (χ2v) is 5.44. The summed E-state index contributed by atoms with van der Waals surface area (Å²) >= 11 is 3.47. The highest BCUT2D eigenvalue weighted by molar-refractivity contribution is 9.10. The predicted octanol–water partition coefficient (Wildman–Crippen LogP) is 3.96. The molecule has 0 amide bonds. The molecule has 0 N–H and O–H groups in total. The summed E-state index contributed by atoms with van der Waals surface area (Å²) < 4.78 is 2.77. The number of rotatable bonds is 3. The molecular formula is C15H15BrN4. The van der Waals surface area contributed by atoms with Crippen molar-refractivity contribution in [3.63, 3.8) is 0 Å². The van der Waals surface area contributed by atoms with Crippen molar-refractivity contribution in [2.24, 2.45) is 0 Å². The fraction of sp³-hybridized carbons (Fsp3) is 0.200. The van der Waals surface area contributed by atoms with Crippen LogP contribution in [0.1, 0.15) is 12.5 Å². The standard InChI is InChI=1S/C15H15BrN4/c1-3-20(12-6-4-5-11(2)9-12)15-14-17-7-8-19(14)10-13(16)18-15/h4-10H,3H2,1-2H3. The van der Waals surface area contributed by atoms with Crippen molar-refractivity contribution < 1.29 is 0 Å². The van der Waals surface area contributed by atoms with Crippen LogP contribution in [-0.4, -0.2) is 20.9 Å². The lowest BCUT2D eigenvalue weighted by atomic mass is 10.2. The fourth-order valence-corrected chi connectivity index (χ4v) is 2.71. The van der Waals surface area contributed by atoms with Gasteiger partial charge in [-0.3, -0.25) is 0 Å². The average Bonchev–Trinajstić information content (AvgIpc) is 2.87. The number of imidazole rings is 1. The van der Waals surface area contributed by atoms with E-state index in [4.69, 9.17) is 0 Å². The van der Waals surface area contributed by atoms with Crippen molar-refractivity contribution in [2.75, 3.05) is 11.4 Å². The van der Waals surface area contributed by atoms with Gasteiger partial charge in [-0.2, -0.15) is 0 Å². The van der Waals surface area contributed by atoms with E-state index in [0.717, 1.165) is 28.3 Å². The molecule has 2 heterocycles. The molecule has 0 aliphatic carbocycles. The van der Waals surface area contributed by atoms with Crippen molar-refractivity contribution >= 4 is 33.1 Å². The summed E-state index contributed by atoms with van der Waals surface area (Å²) in [6, 6.07) is 8.41. The quantitative estimate of drug-likeness (QED) is 0.728. The molecule has 3 rings (SSSR count). The van der Waals surface area contributed by atoms with Crippen LogP contribution in [0.3, 0.4) is 0 Å². The Morgan fingerprint density at radius 1 is 1.35 bits per heavy atom. The molecule has 102 valence electrons. The third kappa shape index (κ3) is 2.29. The summed E-state index contributed by atoms with van der Waals surface area (Å²) in [5.74, 6) is 0.859. The minimum Gasteiger partial charge on any atom is -0.324 e. The van der Waals surface area contributed by atoms with E-state index in [1.54, 1.807) is 6.20 Å². The molecule has 5 heteroatoms. The van der Waals surface area contributed by atoms with Gasteiger partial charge >= 0.3 is 0 Å². The van der Waals surface area contributed by atoms with Crippen molar-refractivity contribution in [3.05, 3.63) is 53.0 Å². The van der Waals surface area contributed by atoms with Crippen LogP contribution in [0.2, 0.25) is 0 Å². The first-order valence-corrected chi connectivity index (χ1v) is 7.31. The summed E-state index contributed by atoms with van der Waals surface area (Å²) in [6.07, 6.45) is 5.63. The molecule has 0 atom stereocenters. The zero-order chi connectivity index (χ0) is 14.1. The predicted molar refractivity (Wildman–Crippen MR) is 84.5 cm³/mol. The van der Waals surface area contributed by atoms with E-state index < -0.39 is 0 Å². The highest BCUT2D eigenvalue weighted by Gasteiger charge is 2.15. The molecule has 0 radical (unpaired) electrons. The molecule has 0 aliphatic rings. The third-order valence-electron chi connectivity index (χ3n) is 3.21. The largest absolute Gasteiger partial charge is 0.324 e. The maximum atomic E-state index is 4.61. The summed E-state index contributed by atoms with van der Waals surface area (Å²) in [4.78, 5) is 11.2. The second-order valence-electron chi connectivity index (χ2n) is 4.63. The van der Waals surface area contributed by atoms with Gasteiger partial charge in [0.05, 0.1) is 0 Å². The van der Waals surface area contributed by atoms with Crippen molar-refractivity contribution in [1.29, 1.82) is 0 Å². The van der Waals surface area contributed by atoms with Crippen LogP contribution in [-0.2, 0) is 0 Å². The Kier molecular flexibility index (Phi) is 3.44. The maximum Gasteiger partial charge on any atom is 0.180 e. The zero-order valence-corrected chi connectivity index (χ0v) is 13.0. The molecular weight excluding hydrogens is 316 g/mol. The number of hydrogen-bond donors (Lipinski definition) is 0. The summed E-state index contributed by atoms with van der Waals surface area (Å²) in [7, 11) is 0. The molecule has 0 fully saturated rings. The third-order valence-corrected chi connectivity index (χ3v) is 3.59. The Labute approximate surface area is 126 Å². The summed E-state index contributed by atoms with van der Waals surface area (Å²) in [5, 5.41) is 0. The number of aryl methyl sites for hydroxylation is 1. The number of hydrogen-bond acceptors (Lipinski definition) is 3. The molecule has 0 saturated carbocycles. The Morgan fingerprint density at radius 3 is 2.95 bits per heavy atom. The number of benzene rings is 1. The topological polar surface area (TPSA) is 33.4 Å². The fourth-order valence-electron chi connectivity index (χ4n) is 2.32. The van der Waals surface area contributed by atoms with Crippen molar-refractivity contribution in [2.45, 2.75) is 13.8 Å². The normalized spacial score (nSPS) is 10.9. The zero-order valence-electron chi connectivity index (χ0n) is 11.4. The molecule has 1 aromatic carbocycles. The number of halogens is 1. The summed E-state index contributed by atoms with van der Waals surface area (Å²) in [5.41, 5.74) is 3.22. The molecule has 4 nitrogen and oxygen atoms in total. The molecule has 0 aliphatic heterocycles. The van der Waals surface area contributed by atoms with Gasteiger partial charge in [-0.1, -0.05) is 12.1 Å². The van der Waals surface area contributed by atoms with Crippen molar-refractivity contribution in [3.8, 4) is 0 Å². The van der Waals surface area contributed by atoms with Crippen LogP contribution in [0, 0.1) is 6.92 Å². The molecule has 2 aromatic heterocycles. The molecule has 0 saturated heterocycles. The van der Waals surface area contributed by atoms with Crippen LogP contribution < -0.4 is 4.90 Å². The van der Waals surface area contributed by atoms with Crippen LogP contribution >= 0.6 is 15.9 Å². The van der Waals surface area contributed by atoms with Gasteiger partial charge in [0.1, 0.15) is 4.60 Å². The van der Waals surface area contributed by atoms with Crippen LogP contribution in [0.15, 0.2) is 47.5 Å². The lowest BCUT2D eigenvalue weighted by molar-refractivity contribution is 0.965. The molecule has 20 heavy (non-hydrogen) atoms. The first-order chi connectivity index (χ1) is 9.69. The lowest BCUT2D eigenvalue weighted by Crippen LogP contribution is -2.18. The maximum absolute atomic E-state index is 4.61. The van der Waals surface area contributed by atoms with Crippen LogP contribution in [0.25, 0.3) is 5.65 Å². The Hall–Kier alpha value is -1.88. The summed E-state index contributed by atoms with van der Waals surface area (Å²) in [6.45, 7) is 5.04. The number of anilines is 2. The van der Waals surface area contributed by atoms with Gasteiger partial charge in [-0.25, -0.2) is 9.97 Å². The monoisotopic (exact) mass is 330 g/mol. The van der Waals surface area contributed by atoms with E-state index in [1.165, 1.54) is 5.56 Å². The molecule has 3 aromatic rings. The highest BCUT2D eigenvalue weighted by Crippen LogP contribution is 2.28. The van der Waals surface area contributed by atoms with E-state index in [9.17, 15) is 0 Å². The van der Waals surface area contributed by atoms with Gasteiger partial charge in [0, 0.05) is 30.8 Å². The Bertz CT molecular complexity index is 750. The highest BCUT2D eigenvalue weighted by atomic mass is 79.9. The molecule has 0 unspecified atom stereocenters. The molecule has 0 bridgehead atoms. The minimum atomic E-state index is 0.795. The van der Waals surface area contributed by atoms with E-state index in [-0.39, 0.29) is 0 Å². The van der Waals surface area contributed by atoms with Gasteiger partial charge in [-0.15, -0.1) is 0 Å². The van der Waals surface area contributed by atoms with E-state index in [0.29, 0.717) is 0 Å². The Balaban J connectivity index is 2.18. The number of nitrogens with zero attached hydrogens (tertiary/aromatic N) is 4. The molecule has 0 spiro atoms. The first-order valence-electron chi connectivity index (χ1n) is 6.52. The van der Waals surface area contributed by atoms with E-state index in [1.807, 2.05) is 16.8 Å². The van der Waals surface area contributed by atoms with E-state index >= 15 is 0 Å². The second kappa shape index (κ2) is 5.25. The van der Waals surface area contributed by atoms with Gasteiger partial charge in [0.2, 0.25) is 0 Å². The first kappa shape index (κ1) is 13.1. The smallest absolute Gasteiger partial charge is 0.180 e.